The lowest BCUT2D eigenvalue weighted by molar-refractivity contribution is -0.133. The Morgan fingerprint density at radius 2 is 1.85 bits per heavy atom. The van der Waals surface area contributed by atoms with Crippen LogP contribution in [-0.4, -0.2) is 49.7 Å². The van der Waals surface area contributed by atoms with Crippen LogP contribution < -0.4 is 0 Å². The summed E-state index contributed by atoms with van der Waals surface area (Å²) in [5.74, 6) is 0.409. The van der Waals surface area contributed by atoms with Crippen molar-refractivity contribution in [3.8, 4) is 0 Å². The lowest BCUT2D eigenvalue weighted by Crippen LogP contribution is -2.50. The molecule has 1 aliphatic heterocycles. The molecule has 1 aromatic heterocycles. The van der Waals surface area contributed by atoms with Gasteiger partial charge in [0.25, 0.3) is 10.0 Å². The Labute approximate surface area is 123 Å². The van der Waals surface area contributed by atoms with Gasteiger partial charge in [-0.2, -0.15) is 4.31 Å². The van der Waals surface area contributed by atoms with Crippen molar-refractivity contribution < 1.29 is 13.2 Å². The van der Waals surface area contributed by atoms with E-state index in [4.69, 9.17) is 0 Å². The summed E-state index contributed by atoms with van der Waals surface area (Å²) in [6.45, 7) is 3.73. The van der Waals surface area contributed by atoms with Crippen LogP contribution in [0.15, 0.2) is 16.3 Å². The average Bonchev–Trinajstić information content (AvgIpc) is 3.19. The van der Waals surface area contributed by atoms with Crippen LogP contribution >= 0.6 is 11.3 Å². The highest BCUT2D eigenvalue weighted by Crippen LogP contribution is 2.32. The fourth-order valence-corrected chi connectivity index (χ4v) is 5.28. The third-order valence-electron chi connectivity index (χ3n) is 3.79. The normalized spacial score (nSPS) is 21.1. The quantitative estimate of drug-likeness (QED) is 0.845. The van der Waals surface area contributed by atoms with Gasteiger partial charge in [-0.25, -0.2) is 8.42 Å². The maximum absolute atomic E-state index is 12.5. The minimum Gasteiger partial charge on any atom is -0.340 e. The molecule has 0 N–H and O–H groups in total. The predicted molar refractivity (Wildman–Crippen MR) is 77.1 cm³/mol. The third-order valence-corrected chi connectivity index (χ3v) is 7.15. The highest BCUT2D eigenvalue weighted by atomic mass is 32.2. The molecule has 0 spiro atoms. The number of carbonyl (C=O) groups is 1. The molecule has 2 aliphatic rings. The average molecular weight is 314 g/mol. The number of carbonyl (C=O) groups excluding carboxylic acids is 1. The van der Waals surface area contributed by atoms with Crippen molar-refractivity contribution in [2.45, 2.75) is 24.0 Å². The van der Waals surface area contributed by atoms with Gasteiger partial charge in [0.1, 0.15) is 4.21 Å². The minimum atomic E-state index is -3.38. The highest BCUT2D eigenvalue weighted by molar-refractivity contribution is 7.91. The summed E-state index contributed by atoms with van der Waals surface area (Å²) in [6, 6.07) is 3.49. The zero-order valence-electron chi connectivity index (χ0n) is 11.4. The van der Waals surface area contributed by atoms with E-state index in [1.165, 1.54) is 15.6 Å². The standard InChI is InChI=1S/C13H18N2O3S2/c1-10-2-5-12(19-10)20(17,18)15-8-6-14(7-9-15)13(16)11-3-4-11/h2,5,11H,3-4,6-9H2,1H3. The molecule has 0 bridgehead atoms. The van der Waals surface area contributed by atoms with Gasteiger partial charge in [0.2, 0.25) is 5.91 Å². The van der Waals surface area contributed by atoms with Crippen LogP contribution in [0.3, 0.4) is 0 Å². The van der Waals surface area contributed by atoms with Gasteiger partial charge in [0.15, 0.2) is 0 Å². The number of piperazine rings is 1. The second-order valence-corrected chi connectivity index (χ2v) is 8.82. The summed E-state index contributed by atoms with van der Waals surface area (Å²) < 4.78 is 26.8. The summed E-state index contributed by atoms with van der Waals surface area (Å²) in [7, 11) is -3.38. The van der Waals surface area contributed by atoms with E-state index >= 15 is 0 Å². The Hall–Kier alpha value is -0.920. The monoisotopic (exact) mass is 314 g/mol. The van der Waals surface area contributed by atoms with Gasteiger partial charge >= 0.3 is 0 Å². The van der Waals surface area contributed by atoms with Crippen molar-refractivity contribution in [1.29, 1.82) is 0 Å². The fraction of sp³-hybridized carbons (Fsp3) is 0.615. The number of hydrogen-bond acceptors (Lipinski definition) is 4. The van der Waals surface area contributed by atoms with Gasteiger partial charge in [-0.05, 0) is 31.9 Å². The zero-order valence-corrected chi connectivity index (χ0v) is 13.0. The predicted octanol–water partition coefficient (Wildman–Crippen LogP) is 1.30. The zero-order chi connectivity index (χ0) is 14.3. The largest absolute Gasteiger partial charge is 0.340 e. The smallest absolute Gasteiger partial charge is 0.252 e. The van der Waals surface area contributed by atoms with E-state index in [-0.39, 0.29) is 11.8 Å². The number of rotatable bonds is 3. The lowest BCUT2D eigenvalue weighted by atomic mass is 10.3. The van der Waals surface area contributed by atoms with Crippen molar-refractivity contribution in [1.82, 2.24) is 9.21 Å². The molecule has 1 aliphatic carbocycles. The van der Waals surface area contributed by atoms with Gasteiger partial charge in [-0.1, -0.05) is 0 Å². The molecular weight excluding hydrogens is 296 g/mol. The fourth-order valence-electron chi connectivity index (χ4n) is 2.42. The lowest BCUT2D eigenvalue weighted by Gasteiger charge is -2.33. The van der Waals surface area contributed by atoms with Crippen LogP contribution in [0.2, 0.25) is 0 Å². The van der Waals surface area contributed by atoms with Crippen LogP contribution in [0.4, 0.5) is 0 Å². The first-order chi connectivity index (χ1) is 9.48. The highest BCUT2D eigenvalue weighted by Gasteiger charge is 2.36. The van der Waals surface area contributed by atoms with E-state index in [1.807, 2.05) is 17.9 Å². The maximum atomic E-state index is 12.5. The summed E-state index contributed by atoms with van der Waals surface area (Å²) in [5, 5.41) is 0. The summed E-state index contributed by atoms with van der Waals surface area (Å²) >= 11 is 1.30. The first-order valence-electron chi connectivity index (χ1n) is 6.84. The number of nitrogens with zero attached hydrogens (tertiary/aromatic N) is 2. The molecule has 1 saturated heterocycles. The molecule has 0 unspecified atom stereocenters. The summed E-state index contributed by atoms with van der Waals surface area (Å²) in [4.78, 5) is 14.8. The molecule has 2 fully saturated rings. The molecule has 20 heavy (non-hydrogen) atoms. The minimum absolute atomic E-state index is 0.203. The maximum Gasteiger partial charge on any atom is 0.252 e. The van der Waals surface area contributed by atoms with Crippen LogP contribution in [0.25, 0.3) is 0 Å². The van der Waals surface area contributed by atoms with Crippen LogP contribution in [0.1, 0.15) is 17.7 Å². The van der Waals surface area contributed by atoms with Crippen LogP contribution in [0.5, 0.6) is 0 Å². The van der Waals surface area contributed by atoms with E-state index in [9.17, 15) is 13.2 Å². The SMILES string of the molecule is Cc1ccc(S(=O)(=O)N2CCN(C(=O)C3CC3)CC2)s1. The number of thiophene rings is 1. The molecule has 110 valence electrons. The van der Waals surface area contributed by atoms with Gasteiger partial charge in [-0.3, -0.25) is 4.79 Å². The number of hydrogen-bond donors (Lipinski definition) is 0. The third kappa shape index (κ3) is 2.62. The molecule has 1 aromatic rings. The molecule has 5 nitrogen and oxygen atoms in total. The Balaban J connectivity index is 1.66. The van der Waals surface area contributed by atoms with E-state index < -0.39 is 10.0 Å². The number of aryl methyl sites for hydroxylation is 1. The molecule has 0 atom stereocenters. The molecule has 3 rings (SSSR count). The van der Waals surface area contributed by atoms with Crippen LogP contribution in [0, 0.1) is 12.8 Å². The first kappa shape index (κ1) is 14.0. The van der Waals surface area contributed by atoms with E-state index in [0.717, 1.165) is 17.7 Å². The molecule has 1 amide bonds. The molecule has 0 radical (unpaired) electrons. The molecule has 0 aromatic carbocycles. The van der Waals surface area contributed by atoms with Crippen molar-refractivity contribution in [2.24, 2.45) is 5.92 Å². The van der Waals surface area contributed by atoms with Gasteiger partial charge in [-0.15, -0.1) is 11.3 Å². The Morgan fingerprint density at radius 3 is 2.35 bits per heavy atom. The molecule has 7 heteroatoms. The van der Waals surface area contributed by atoms with Gasteiger partial charge in [0.05, 0.1) is 0 Å². The Morgan fingerprint density at radius 1 is 1.20 bits per heavy atom. The van der Waals surface area contributed by atoms with Gasteiger partial charge < -0.3 is 4.90 Å². The van der Waals surface area contributed by atoms with E-state index in [0.29, 0.717) is 30.4 Å². The van der Waals surface area contributed by atoms with Crippen LogP contribution in [-0.2, 0) is 14.8 Å². The second kappa shape index (κ2) is 5.13. The van der Waals surface area contributed by atoms with Crippen molar-refractivity contribution in [2.75, 3.05) is 26.2 Å². The summed E-state index contributed by atoms with van der Waals surface area (Å²) in [5.41, 5.74) is 0. The molecule has 1 saturated carbocycles. The summed E-state index contributed by atoms with van der Waals surface area (Å²) in [6.07, 6.45) is 1.98. The van der Waals surface area contributed by atoms with Crippen molar-refractivity contribution in [3.63, 3.8) is 0 Å². The number of amides is 1. The van der Waals surface area contributed by atoms with E-state index in [1.54, 1.807) is 6.07 Å². The number of sulfonamides is 1. The molecule has 2 heterocycles. The topological polar surface area (TPSA) is 57.7 Å². The Bertz CT molecular complexity index is 611. The Kier molecular flexibility index (Phi) is 3.60. The van der Waals surface area contributed by atoms with Crippen molar-refractivity contribution in [3.05, 3.63) is 17.0 Å². The van der Waals surface area contributed by atoms with E-state index in [2.05, 4.69) is 0 Å². The first-order valence-corrected chi connectivity index (χ1v) is 9.09. The van der Waals surface area contributed by atoms with Gasteiger partial charge in [0, 0.05) is 37.0 Å². The second-order valence-electron chi connectivity index (χ2n) is 5.37. The molecular formula is C13H18N2O3S2. The van der Waals surface area contributed by atoms with Crippen molar-refractivity contribution >= 4 is 27.3 Å².